The fourth-order valence-corrected chi connectivity index (χ4v) is 9.31. The van der Waals surface area contributed by atoms with E-state index >= 15 is 0 Å². The highest BCUT2D eigenvalue weighted by Gasteiger charge is 2.27. The number of unbranched alkanes of at least 4 members (excludes halogenated alkanes) is 39. The van der Waals surface area contributed by atoms with E-state index in [1.54, 1.807) is 6.08 Å². The molecule has 0 radical (unpaired) electrons. The Morgan fingerprint density at radius 1 is 0.516 bits per heavy atom. The van der Waals surface area contributed by atoms with Crippen LogP contribution in [0.5, 0.6) is 0 Å². The Labute approximate surface area is 399 Å². The van der Waals surface area contributed by atoms with Crippen molar-refractivity contribution >= 4 is 13.7 Å². The minimum absolute atomic E-state index is 0.0648. The highest BCUT2D eigenvalue weighted by molar-refractivity contribution is 7.47. The van der Waals surface area contributed by atoms with Crippen molar-refractivity contribution < 1.29 is 32.9 Å². The van der Waals surface area contributed by atoms with Gasteiger partial charge in [0.1, 0.15) is 13.2 Å². The maximum absolute atomic E-state index is 12.9. The number of hydrogen-bond donors (Lipinski definition) is 3. The van der Waals surface area contributed by atoms with E-state index in [2.05, 4.69) is 19.2 Å². The molecule has 382 valence electrons. The Kier molecular flexibility index (Phi) is 46.8. The van der Waals surface area contributed by atoms with Gasteiger partial charge in [0, 0.05) is 6.42 Å². The van der Waals surface area contributed by atoms with E-state index in [1.807, 2.05) is 27.2 Å². The number of amides is 1. The summed E-state index contributed by atoms with van der Waals surface area (Å²) in [7, 11) is 1.59. The summed E-state index contributed by atoms with van der Waals surface area (Å²) in [6.45, 7) is 4.84. The third-order valence-corrected chi connectivity index (χ3v) is 14.0. The SMILES string of the molecule is CCCCCCCCCCCC/C=C/[C@@H](O)[C@H](COP(=O)(O)OCC[N+](C)(C)C)NC(=O)CCCCCCCCCCCCCCCCCCCCCCCCCCCCCCCC. The largest absolute Gasteiger partial charge is 0.472 e. The van der Waals surface area contributed by atoms with Crippen molar-refractivity contribution in [2.75, 3.05) is 40.9 Å². The van der Waals surface area contributed by atoms with Gasteiger partial charge in [0.25, 0.3) is 0 Å². The molecule has 3 atom stereocenters. The van der Waals surface area contributed by atoms with Crippen LogP contribution in [-0.2, 0) is 18.4 Å². The van der Waals surface area contributed by atoms with Gasteiger partial charge >= 0.3 is 7.82 Å². The summed E-state index contributed by atoms with van der Waals surface area (Å²) in [5.74, 6) is -0.172. The molecule has 1 amide bonds. The van der Waals surface area contributed by atoms with Crippen LogP contribution in [-0.4, -0.2) is 73.4 Å². The van der Waals surface area contributed by atoms with Crippen LogP contribution in [0, 0.1) is 0 Å². The number of phosphoric acid groups is 1. The molecular weight excluding hydrogens is 816 g/mol. The number of carbonyl (C=O) groups excluding carboxylic acids is 1. The van der Waals surface area contributed by atoms with Crippen LogP contribution in [0.1, 0.15) is 284 Å². The molecule has 0 aliphatic carbocycles. The number of quaternary nitrogens is 1. The predicted octanol–water partition coefficient (Wildman–Crippen LogP) is 16.7. The zero-order chi connectivity index (χ0) is 47.1. The molecule has 0 saturated carbocycles. The Morgan fingerprint density at radius 2 is 0.828 bits per heavy atom. The second-order valence-electron chi connectivity index (χ2n) is 20.7. The predicted molar refractivity (Wildman–Crippen MR) is 277 cm³/mol. The van der Waals surface area contributed by atoms with Crippen molar-refractivity contribution in [3.8, 4) is 0 Å². The lowest BCUT2D eigenvalue weighted by Crippen LogP contribution is -2.45. The molecule has 0 fully saturated rings. The van der Waals surface area contributed by atoms with E-state index in [0.717, 1.165) is 38.5 Å². The molecule has 0 saturated heterocycles. The standard InChI is InChI=1S/C55H111N2O6P/c1-6-8-10-12-14-16-18-20-21-22-23-24-25-26-27-28-29-30-31-32-33-34-35-36-37-39-41-43-45-47-49-55(59)56-53(52-63-64(60,61)62-51-50-57(3,4)5)54(58)48-46-44-42-40-38-19-17-15-13-11-9-7-2/h46,48,53-54,58H,6-45,47,49-52H2,1-5H3,(H-,56,59,60,61)/p+1/b48-46+/t53-,54+/m0/s1. The maximum Gasteiger partial charge on any atom is 0.472 e. The number of nitrogens with zero attached hydrogens (tertiary/aromatic N) is 1. The van der Waals surface area contributed by atoms with E-state index < -0.39 is 20.0 Å². The lowest BCUT2D eigenvalue weighted by atomic mass is 10.0. The zero-order valence-electron chi connectivity index (χ0n) is 43.6. The van der Waals surface area contributed by atoms with E-state index in [9.17, 15) is 19.4 Å². The molecule has 0 heterocycles. The van der Waals surface area contributed by atoms with Gasteiger partial charge in [-0.05, 0) is 19.3 Å². The summed E-state index contributed by atoms with van der Waals surface area (Å²) in [5.41, 5.74) is 0. The smallest absolute Gasteiger partial charge is 0.387 e. The number of aliphatic hydroxyl groups excluding tert-OH is 1. The first kappa shape index (κ1) is 63.2. The molecule has 3 N–H and O–H groups in total. The Morgan fingerprint density at radius 3 is 1.16 bits per heavy atom. The Bertz CT molecular complexity index is 1050. The highest BCUT2D eigenvalue weighted by atomic mass is 31.2. The molecular formula is C55H112N2O6P+. The van der Waals surface area contributed by atoms with Crippen LogP contribution >= 0.6 is 7.82 Å². The number of likely N-dealkylation sites (N-methyl/N-ethyl adjacent to an activating group) is 1. The molecule has 9 heteroatoms. The number of rotatable bonds is 52. The van der Waals surface area contributed by atoms with Gasteiger partial charge < -0.3 is 19.8 Å². The number of phosphoric ester groups is 1. The molecule has 1 unspecified atom stereocenters. The van der Waals surface area contributed by atoms with Gasteiger partial charge in [-0.2, -0.15) is 0 Å². The van der Waals surface area contributed by atoms with Gasteiger partial charge in [0.2, 0.25) is 5.91 Å². The van der Waals surface area contributed by atoms with Crippen molar-refractivity contribution in [1.82, 2.24) is 5.32 Å². The molecule has 0 aromatic carbocycles. The van der Waals surface area contributed by atoms with Crippen LogP contribution in [0.4, 0.5) is 0 Å². The lowest BCUT2D eigenvalue weighted by Gasteiger charge is -2.25. The third-order valence-electron chi connectivity index (χ3n) is 13.0. The van der Waals surface area contributed by atoms with Crippen LogP contribution in [0.15, 0.2) is 12.2 Å². The summed E-state index contributed by atoms with van der Waals surface area (Å²) in [4.78, 5) is 23.2. The van der Waals surface area contributed by atoms with Crippen molar-refractivity contribution in [2.45, 2.75) is 296 Å². The monoisotopic (exact) mass is 928 g/mol. The van der Waals surface area contributed by atoms with Gasteiger partial charge in [-0.15, -0.1) is 0 Å². The number of hydrogen-bond acceptors (Lipinski definition) is 5. The highest BCUT2D eigenvalue weighted by Crippen LogP contribution is 2.43. The molecule has 0 bridgehead atoms. The molecule has 0 aromatic heterocycles. The minimum atomic E-state index is -4.34. The average molecular weight is 928 g/mol. The summed E-state index contributed by atoms with van der Waals surface area (Å²) < 4.78 is 23.6. The van der Waals surface area contributed by atoms with Crippen molar-refractivity contribution in [1.29, 1.82) is 0 Å². The molecule has 0 aliphatic rings. The molecule has 0 spiro atoms. The summed E-state index contributed by atoms with van der Waals surface area (Å²) in [6, 6.07) is -0.840. The molecule has 8 nitrogen and oxygen atoms in total. The first-order chi connectivity index (χ1) is 31.0. The first-order valence-electron chi connectivity index (χ1n) is 28.1. The van der Waals surface area contributed by atoms with Gasteiger partial charge in [0.15, 0.2) is 0 Å². The lowest BCUT2D eigenvalue weighted by molar-refractivity contribution is -0.870. The number of allylic oxidation sites excluding steroid dienone is 1. The van der Waals surface area contributed by atoms with Crippen LogP contribution in [0.25, 0.3) is 0 Å². The van der Waals surface area contributed by atoms with Crippen LogP contribution < -0.4 is 5.32 Å². The van der Waals surface area contributed by atoms with E-state index in [4.69, 9.17) is 9.05 Å². The quantitative estimate of drug-likeness (QED) is 0.0243. The third kappa shape index (κ3) is 49.2. The summed E-state index contributed by atoms with van der Waals surface area (Å²) in [6.07, 6.45) is 57.5. The van der Waals surface area contributed by atoms with Gasteiger partial charge in [-0.25, -0.2) is 4.57 Å². The molecule has 0 rings (SSSR count). The molecule has 0 aromatic rings. The number of aliphatic hydroxyl groups is 1. The zero-order valence-corrected chi connectivity index (χ0v) is 44.4. The van der Waals surface area contributed by atoms with Crippen molar-refractivity contribution in [3.05, 3.63) is 12.2 Å². The second-order valence-corrected chi connectivity index (χ2v) is 22.1. The molecule has 64 heavy (non-hydrogen) atoms. The summed E-state index contributed by atoms with van der Waals surface area (Å²) in [5, 5.41) is 13.9. The van der Waals surface area contributed by atoms with Gasteiger partial charge in [-0.1, -0.05) is 270 Å². The van der Waals surface area contributed by atoms with E-state index in [1.165, 1.54) is 225 Å². The second kappa shape index (κ2) is 47.3. The van der Waals surface area contributed by atoms with Crippen LogP contribution in [0.3, 0.4) is 0 Å². The summed E-state index contributed by atoms with van der Waals surface area (Å²) >= 11 is 0. The van der Waals surface area contributed by atoms with E-state index in [0.29, 0.717) is 17.4 Å². The number of carbonyl (C=O) groups is 1. The van der Waals surface area contributed by atoms with Crippen molar-refractivity contribution in [3.63, 3.8) is 0 Å². The minimum Gasteiger partial charge on any atom is -0.387 e. The fraction of sp³-hybridized carbons (Fsp3) is 0.945. The Balaban J connectivity index is 3.99. The normalized spacial score (nSPS) is 14.0. The average Bonchev–Trinajstić information content (AvgIpc) is 3.25. The molecule has 0 aliphatic heterocycles. The topological polar surface area (TPSA) is 105 Å². The van der Waals surface area contributed by atoms with Gasteiger partial charge in [0.05, 0.1) is 39.9 Å². The van der Waals surface area contributed by atoms with Crippen LogP contribution in [0.2, 0.25) is 0 Å². The first-order valence-corrected chi connectivity index (χ1v) is 29.6. The van der Waals surface area contributed by atoms with Crippen molar-refractivity contribution in [2.24, 2.45) is 0 Å². The fourth-order valence-electron chi connectivity index (χ4n) is 8.57. The van der Waals surface area contributed by atoms with E-state index in [-0.39, 0.29) is 19.1 Å². The van der Waals surface area contributed by atoms with Gasteiger partial charge in [-0.3, -0.25) is 13.8 Å². The maximum atomic E-state index is 12.9. The number of nitrogens with one attached hydrogen (secondary N) is 1. The Hall–Kier alpha value is -0.760.